The summed E-state index contributed by atoms with van der Waals surface area (Å²) in [5.41, 5.74) is 0.384. The van der Waals surface area contributed by atoms with Gasteiger partial charge >= 0.3 is 6.18 Å². The number of rotatable bonds is 4. The van der Waals surface area contributed by atoms with Crippen LogP contribution in [0.15, 0.2) is 35.3 Å². The Labute approximate surface area is 148 Å². The highest BCUT2D eigenvalue weighted by Crippen LogP contribution is 2.37. The standard InChI is InChI=1S/C18H20F3N3O2/c19-18(20,21)13-6-2-3-7-14(13)23-17(26)9-10-24-15-8-4-1-5-12(15)16(25)11-22-24/h1,4-5,8,11,13-14H,2-3,6-7,9-10H2,(H,23,26)/t13-,14+/m0/s1. The molecule has 26 heavy (non-hydrogen) atoms. The molecule has 1 aliphatic carbocycles. The van der Waals surface area contributed by atoms with Crippen LogP contribution in [0, 0.1) is 5.92 Å². The van der Waals surface area contributed by atoms with Gasteiger partial charge in [-0.25, -0.2) is 0 Å². The summed E-state index contributed by atoms with van der Waals surface area (Å²) in [6.07, 6.45) is -1.50. The van der Waals surface area contributed by atoms with E-state index in [0.717, 1.165) is 0 Å². The molecule has 1 aromatic carbocycles. The van der Waals surface area contributed by atoms with Gasteiger partial charge in [-0.15, -0.1) is 0 Å². The van der Waals surface area contributed by atoms with Crippen molar-refractivity contribution in [1.29, 1.82) is 0 Å². The molecule has 0 unspecified atom stereocenters. The number of amides is 1. The minimum atomic E-state index is -4.30. The van der Waals surface area contributed by atoms with E-state index in [4.69, 9.17) is 0 Å². The summed E-state index contributed by atoms with van der Waals surface area (Å²) in [5, 5.41) is 7.06. The number of alkyl halides is 3. The number of fused-ring (bicyclic) bond motifs is 1. The molecule has 140 valence electrons. The predicted molar refractivity (Wildman–Crippen MR) is 90.6 cm³/mol. The number of benzene rings is 1. The maximum Gasteiger partial charge on any atom is 0.393 e. The lowest BCUT2D eigenvalue weighted by atomic mass is 9.84. The van der Waals surface area contributed by atoms with Crippen LogP contribution in [0.5, 0.6) is 0 Å². The van der Waals surface area contributed by atoms with Gasteiger partial charge in [-0.3, -0.25) is 14.3 Å². The second kappa shape index (κ2) is 7.47. The zero-order chi connectivity index (χ0) is 18.7. The van der Waals surface area contributed by atoms with E-state index in [1.807, 2.05) is 0 Å². The van der Waals surface area contributed by atoms with Crippen LogP contribution in [-0.4, -0.2) is 27.9 Å². The molecule has 3 rings (SSSR count). The van der Waals surface area contributed by atoms with Crippen LogP contribution in [0.4, 0.5) is 13.2 Å². The fourth-order valence-corrected chi connectivity index (χ4v) is 3.52. The largest absolute Gasteiger partial charge is 0.393 e. The normalized spacial score (nSPS) is 20.9. The van der Waals surface area contributed by atoms with Crippen molar-refractivity contribution in [2.75, 3.05) is 0 Å². The number of nitrogens with one attached hydrogen (secondary N) is 1. The molecule has 5 nitrogen and oxygen atoms in total. The van der Waals surface area contributed by atoms with E-state index in [0.29, 0.717) is 30.2 Å². The lowest BCUT2D eigenvalue weighted by molar-refractivity contribution is -0.189. The molecule has 0 saturated heterocycles. The van der Waals surface area contributed by atoms with Crippen molar-refractivity contribution in [3.63, 3.8) is 0 Å². The molecular formula is C18H20F3N3O2. The third kappa shape index (κ3) is 4.05. The van der Waals surface area contributed by atoms with E-state index in [-0.39, 0.29) is 24.8 Å². The van der Waals surface area contributed by atoms with Gasteiger partial charge in [0.15, 0.2) is 0 Å². The van der Waals surface area contributed by atoms with E-state index >= 15 is 0 Å². The van der Waals surface area contributed by atoms with Crippen LogP contribution in [0.1, 0.15) is 32.1 Å². The van der Waals surface area contributed by atoms with Gasteiger partial charge in [-0.1, -0.05) is 25.0 Å². The molecule has 0 bridgehead atoms. The second-order valence-electron chi connectivity index (χ2n) is 6.61. The fraction of sp³-hybridized carbons (Fsp3) is 0.500. The molecule has 8 heteroatoms. The number of hydrogen-bond acceptors (Lipinski definition) is 3. The van der Waals surface area contributed by atoms with Gasteiger partial charge in [-0.2, -0.15) is 18.3 Å². The lowest BCUT2D eigenvalue weighted by Crippen LogP contribution is -2.47. The molecule has 1 saturated carbocycles. The number of carbonyl (C=O) groups excluding carboxylic acids is 1. The number of nitrogens with zero attached hydrogens (tertiary/aromatic N) is 2. The predicted octanol–water partition coefficient (Wildman–Crippen LogP) is 3.02. The summed E-state index contributed by atoms with van der Waals surface area (Å²) >= 11 is 0. The number of aromatic nitrogens is 2. The summed E-state index contributed by atoms with van der Waals surface area (Å²) in [7, 11) is 0. The van der Waals surface area contributed by atoms with Crippen molar-refractivity contribution in [1.82, 2.24) is 15.1 Å². The maximum atomic E-state index is 13.1. The average Bonchev–Trinajstić information content (AvgIpc) is 2.61. The van der Waals surface area contributed by atoms with Gasteiger partial charge < -0.3 is 5.32 Å². The van der Waals surface area contributed by atoms with Gasteiger partial charge in [0.05, 0.1) is 24.2 Å². The van der Waals surface area contributed by atoms with E-state index in [9.17, 15) is 22.8 Å². The molecule has 0 spiro atoms. The average molecular weight is 367 g/mol. The number of para-hydroxylation sites is 1. The summed E-state index contributed by atoms with van der Waals surface area (Å²) in [4.78, 5) is 24.0. The number of carbonyl (C=O) groups is 1. The van der Waals surface area contributed by atoms with Crippen molar-refractivity contribution in [3.8, 4) is 0 Å². The van der Waals surface area contributed by atoms with E-state index in [2.05, 4.69) is 10.4 Å². The summed E-state index contributed by atoms with van der Waals surface area (Å²) in [6.45, 7) is 0.191. The smallest absolute Gasteiger partial charge is 0.353 e. The third-order valence-corrected chi connectivity index (χ3v) is 4.85. The van der Waals surface area contributed by atoms with Crippen LogP contribution in [0.25, 0.3) is 10.9 Å². The van der Waals surface area contributed by atoms with E-state index in [1.54, 1.807) is 24.3 Å². The molecule has 2 aromatic rings. The molecule has 1 fully saturated rings. The minimum absolute atomic E-state index is 0.000934. The zero-order valence-corrected chi connectivity index (χ0v) is 14.1. The monoisotopic (exact) mass is 367 g/mol. The summed E-state index contributed by atoms with van der Waals surface area (Å²) in [5.74, 6) is -1.91. The fourth-order valence-electron chi connectivity index (χ4n) is 3.52. The first-order chi connectivity index (χ1) is 12.4. The van der Waals surface area contributed by atoms with Crippen LogP contribution >= 0.6 is 0 Å². The zero-order valence-electron chi connectivity index (χ0n) is 14.1. The Kier molecular flexibility index (Phi) is 5.29. The molecular weight excluding hydrogens is 347 g/mol. The first-order valence-electron chi connectivity index (χ1n) is 8.67. The number of halogens is 3. The maximum absolute atomic E-state index is 13.1. The Balaban J connectivity index is 1.66. The third-order valence-electron chi connectivity index (χ3n) is 4.85. The molecule has 1 heterocycles. The Morgan fingerprint density at radius 2 is 1.96 bits per heavy atom. The van der Waals surface area contributed by atoms with Crippen LogP contribution in [0.3, 0.4) is 0 Å². The molecule has 0 radical (unpaired) electrons. The van der Waals surface area contributed by atoms with E-state index in [1.165, 1.54) is 10.9 Å². The van der Waals surface area contributed by atoms with Crippen molar-refractivity contribution in [2.45, 2.75) is 50.9 Å². The SMILES string of the molecule is O=C(CCn1ncc(=O)c2ccccc21)N[C@@H]1CCCC[C@@H]1C(F)(F)F. The van der Waals surface area contributed by atoms with Gasteiger partial charge in [0.1, 0.15) is 0 Å². The quantitative estimate of drug-likeness (QED) is 0.904. The first-order valence-corrected chi connectivity index (χ1v) is 8.67. The van der Waals surface area contributed by atoms with Gasteiger partial charge in [0.25, 0.3) is 0 Å². The Morgan fingerprint density at radius 1 is 1.23 bits per heavy atom. The molecule has 0 aliphatic heterocycles. The Morgan fingerprint density at radius 3 is 2.73 bits per heavy atom. The summed E-state index contributed by atoms with van der Waals surface area (Å²) in [6, 6.07) is 6.03. The first kappa shape index (κ1) is 18.4. The topological polar surface area (TPSA) is 64.0 Å². The lowest BCUT2D eigenvalue weighted by Gasteiger charge is -2.33. The van der Waals surface area contributed by atoms with E-state index < -0.39 is 24.0 Å². The molecule has 2 atom stereocenters. The number of hydrogen-bond donors (Lipinski definition) is 1. The molecule has 1 aromatic heterocycles. The Bertz CT molecular complexity index is 847. The van der Waals surface area contributed by atoms with Crippen molar-refractivity contribution in [3.05, 3.63) is 40.7 Å². The van der Waals surface area contributed by atoms with Crippen LogP contribution in [0.2, 0.25) is 0 Å². The molecule has 1 aliphatic rings. The minimum Gasteiger partial charge on any atom is -0.353 e. The molecule has 1 N–H and O–H groups in total. The van der Waals surface area contributed by atoms with Gasteiger partial charge in [0.2, 0.25) is 11.3 Å². The highest BCUT2D eigenvalue weighted by Gasteiger charge is 2.45. The van der Waals surface area contributed by atoms with Crippen molar-refractivity contribution < 1.29 is 18.0 Å². The molecule has 1 amide bonds. The highest BCUT2D eigenvalue weighted by molar-refractivity contribution is 5.79. The highest BCUT2D eigenvalue weighted by atomic mass is 19.4. The van der Waals surface area contributed by atoms with Crippen LogP contribution < -0.4 is 10.7 Å². The Hall–Kier alpha value is -2.38. The van der Waals surface area contributed by atoms with Gasteiger partial charge in [-0.05, 0) is 25.0 Å². The van der Waals surface area contributed by atoms with Crippen molar-refractivity contribution in [2.24, 2.45) is 5.92 Å². The van der Waals surface area contributed by atoms with Crippen LogP contribution in [-0.2, 0) is 11.3 Å². The van der Waals surface area contributed by atoms with Gasteiger partial charge in [0, 0.05) is 17.8 Å². The number of aryl methyl sites for hydroxylation is 1. The second-order valence-corrected chi connectivity index (χ2v) is 6.61. The summed E-state index contributed by atoms with van der Waals surface area (Å²) < 4.78 is 40.9. The van der Waals surface area contributed by atoms with Crippen molar-refractivity contribution >= 4 is 16.8 Å².